The minimum absolute atomic E-state index is 0.123. The number of nitrogens with zero attached hydrogens (tertiary/aromatic N) is 2. The third-order valence-electron chi connectivity index (χ3n) is 4.61. The van der Waals surface area contributed by atoms with Gasteiger partial charge in [0.2, 0.25) is 5.91 Å². The number of anilines is 1. The Balaban J connectivity index is 2.10. The van der Waals surface area contributed by atoms with E-state index in [0.29, 0.717) is 6.42 Å². The Kier molecular flexibility index (Phi) is 10.5. The normalized spacial score (nSPS) is 27.4. The van der Waals surface area contributed by atoms with Crippen molar-refractivity contribution in [1.29, 1.82) is 0 Å². The topological polar surface area (TPSA) is 273 Å². The molecule has 0 aromatic carbocycles. The summed E-state index contributed by atoms with van der Waals surface area (Å²) in [7, 11) is -17.1. The van der Waals surface area contributed by atoms with Crippen LogP contribution in [0, 0.1) is 0 Å². The number of aliphatic hydroxyl groups is 2. The molecule has 2 heterocycles. The van der Waals surface area contributed by atoms with Gasteiger partial charge < -0.3 is 39.8 Å². The number of ether oxygens (including phenoxy) is 1. The Morgan fingerprint density at radius 3 is 2.41 bits per heavy atom. The lowest BCUT2D eigenvalue weighted by Gasteiger charge is -2.25. The number of phosphoric acid groups is 3. The van der Waals surface area contributed by atoms with Crippen LogP contribution in [0.3, 0.4) is 0 Å². The van der Waals surface area contributed by atoms with E-state index in [1.165, 1.54) is 0 Å². The van der Waals surface area contributed by atoms with Gasteiger partial charge in [-0.25, -0.2) is 23.1 Å². The highest BCUT2D eigenvalue weighted by Crippen LogP contribution is 2.66. The van der Waals surface area contributed by atoms with Gasteiger partial charge in [-0.1, -0.05) is 19.8 Å². The minimum atomic E-state index is -5.84. The van der Waals surface area contributed by atoms with Crippen molar-refractivity contribution in [3.05, 3.63) is 22.7 Å². The first-order valence-electron chi connectivity index (χ1n) is 10.3. The number of hydrogen-bond donors (Lipinski definition) is 7. The summed E-state index contributed by atoms with van der Waals surface area (Å²) < 4.78 is 65.4. The summed E-state index contributed by atoms with van der Waals surface area (Å²) in [4.78, 5) is 63.3. The summed E-state index contributed by atoms with van der Waals surface area (Å²) in [5.41, 5.74) is -1.37. The van der Waals surface area contributed by atoms with Crippen LogP contribution in [-0.2, 0) is 42.4 Å². The van der Waals surface area contributed by atoms with E-state index in [1.807, 2.05) is 6.92 Å². The quantitative estimate of drug-likeness (QED) is 0.114. The molecule has 212 valence electrons. The molecule has 1 amide bonds. The Hall–Kier alpha value is -1.43. The number of carbonyl (C=O) groups is 1. The zero-order valence-electron chi connectivity index (χ0n) is 18.9. The maximum atomic E-state index is 15.5. The average molecular weight is 599 g/mol. The lowest BCUT2D eigenvalue weighted by atomic mass is 10.1. The van der Waals surface area contributed by atoms with Gasteiger partial charge in [0.05, 0.1) is 6.61 Å². The van der Waals surface area contributed by atoms with E-state index in [2.05, 4.69) is 23.4 Å². The summed E-state index contributed by atoms with van der Waals surface area (Å²) in [6, 6.07) is 1.00. The number of phosphoric ester groups is 1. The summed E-state index contributed by atoms with van der Waals surface area (Å²) in [6.45, 7) is 0.634. The second-order valence-electron chi connectivity index (χ2n) is 7.56. The molecule has 7 N–H and O–H groups in total. The fourth-order valence-electron chi connectivity index (χ4n) is 3.01. The third-order valence-corrected chi connectivity index (χ3v) is 8.41. The van der Waals surface area contributed by atoms with Crippen LogP contribution in [0.25, 0.3) is 0 Å². The first-order chi connectivity index (χ1) is 16.9. The van der Waals surface area contributed by atoms with Crippen molar-refractivity contribution >= 4 is 35.2 Å². The number of aliphatic hydroxyl groups excluding tert-OH is 2. The van der Waals surface area contributed by atoms with Gasteiger partial charge in [0.15, 0.2) is 6.10 Å². The third kappa shape index (κ3) is 9.07. The monoisotopic (exact) mass is 599 g/mol. The van der Waals surface area contributed by atoms with E-state index in [1.54, 1.807) is 0 Å². The number of hydrogen-bond acceptors (Lipinski definition) is 12. The minimum Gasteiger partial charge on any atom is -0.387 e. The molecule has 1 aliphatic heterocycles. The van der Waals surface area contributed by atoms with Crippen molar-refractivity contribution in [3.63, 3.8) is 0 Å². The molecule has 37 heavy (non-hydrogen) atoms. The SMILES string of the molecule is CCCCCC(=O)Nc1ccn([C@]2(F)O[C@H](COP(=O)(O)OP(=O)(O)OP(=O)(O)O)[C@@H](O)[C@H]2O)c(=O)n1. The van der Waals surface area contributed by atoms with E-state index in [9.17, 15) is 38.4 Å². The van der Waals surface area contributed by atoms with E-state index in [-0.39, 0.29) is 16.8 Å². The number of aromatic nitrogens is 2. The highest BCUT2D eigenvalue weighted by molar-refractivity contribution is 7.66. The second-order valence-corrected chi connectivity index (χ2v) is 12.0. The van der Waals surface area contributed by atoms with Crippen LogP contribution in [0.4, 0.5) is 10.2 Å². The van der Waals surface area contributed by atoms with Crippen LogP contribution in [0.1, 0.15) is 32.6 Å². The summed E-state index contributed by atoms with van der Waals surface area (Å²) in [6.07, 6.45) is -3.53. The van der Waals surface area contributed by atoms with Crippen LogP contribution in [0.15, 0.2) is 17.1 Å². The Labute approximate surface area is 207 Å². The largest absolute Gasteiger partial charge is 0.490 e. The van der Waals surface area contributed by atoms with E-state index in [0.717, 1.165) is 25.1 Å². The van der Waals surface area contributed by atoms with E-state index < -0.39 is 66.0 Å². The lowest BCUT2D eigenvalue weighted by molar-refractivity contribution is -0.239. The number of amides is 1. The van der Waals surface area contributed by atoms with Crippen LogP contribution in [0.5, 0.6) is 0 Å². The number of unbranched alkanes of at least 4 members (excludes halogenated alkanes) is 2. The number of alkyl halides is 1. The molecule has 0 aliphatic carbocycles. The summed E-state index contributed by atoms with van der Waals surface area (Å²) >= 11 is 0. The Morgan fingerprint density at radius 1 is 1.19 bits per heavy atom. The van der Waals surface area contributed by atoms with Gasteiger partial charge >= 0.3 is 35.1 Å². The zero-order valence-corrected chi connectivity index (χ0v) is 21.6. The highest BCUT2D eigenvalue weighted by Gasteiger charge is 2.58. The number of nitrogens with one attached hydrogen (secondary N) is 1. The summed E-state index contributed by atoms with van der Waals surface area (Å²) in [5.74, 6) is -4.17. The molecule has 1 aromatic rings. The molecule has 1 aliphatic rings. The van der Waals surface area contributed by atoms with Gasteiger partial charge in [-0.05, 0) is 12.5 Å². The van der Waals surface area contributed by atoms with E-state index in [4.69, 9.17) is 19.4 Å². The number of carbonyl (C=O) groups excluding carboxylic acids is 1. The van der Waals surface area contributed by atoms with E-state index >= 15 is 4.39 Å². The molecular weight excluding hydrogens is 574 g/mol. The van der Waals surface area contributed by atoms with Gasteiger partial charge in [-0.2, -0.15) is 18.0 Å². The van der Waals surface area contributed by atoms with Crippen LogP contribution in [-0.4, -0.2) is 70.2 Å². The Bertz CT molecular complexity index is 1180. The molecule has 22 heteroatoms. The first kappa shape index (κ1) is 31.8. The second kappa shape index (κ2) is 12.2. The molecule has 1 aromatic heterocycles. The predicted octanol–water partition coefficient (Wildman–Crippen LogP) is -0.194. The first-order valence-corrected chi connectivity index (χ1v) is 14.8. The smallest absolute Gasteiger partial charge is 0.387 e. The van der Waals surface area contributed by atoms with Gasteiger partial charge in [-0.3, -0.25) is 9.32 Å². The fraction of sp³-hybridized carbons (Fsp3) is 0.667. The van der Waals surface area contributed by atoms with Crippen molar-refractivity contribution in [1.82, 2.24) is 9.55 Å². The maximum Gasteiger partial charge on any atom is 0.490 e. The zero-order chi connectivity index (χ0) is 28.2. The molecule has 18 nitrogen and oxygen atoms in total. The molecule has 0 saturated carbocycles. The van der Waals surface area contributed by atoms with Crippen LogP contribution < -0.4 is 11.0 Å². The molecule has 0 bridgehead atoms. The van der Waals surface area contributed by atoms with Gasteiger partial charge in [0, 0.05) is 12.6 Å². The Morgan fingerprint density at radius 2 is 1.84 bits per heavy atom. The average Bonchev–Trinajstić information content (AvgIpc) is 2.94. The van der Waals surface area contributed by atoms with Gasteiger partial charge in [0.1, 0.15) is 18.0 Å². The molecule has 0 radical (unpaired) electrons. The lowest BCUT2D eigenvalue weighted by Crippen LogP contribution is -2.47. The van der Waals surface area contributed by atoms with Crippen molar-refractivity contribution in [2.45, 2.75) is 56.9 Å². The van der Waals surface area contributed by atoms with Crippen molar-refractivity contribution < 1.29 is 70.5 Å². The molecule has 6 atom stereocenters. The van der Waals surface area contributed by atoms with Crippen molar-refractivity contribution in [3.8, 4) is 0 Å². The predicted molar refractivity (Wildman–Crippen MR) is 117 cm³/mol. The van der Waals surface area contributed by atoms with Crippen molar-refractivity contribution in [2.75, 3.05) is 11.9 Å². The highest BCUT2D eigenvalue weighted by atomic mass is 31.3. The fourth-order valence-corrected chi connectivity index (χ4v) is 6.04. The molecular formula is C15H25FN3O15P3. The van der Waals surface area contributed by atoms with Crippen molar-refractivity contribution in [2.24, 2.45) is 0 Å². The van der Waals surface area contributed by atoms with Crippen LogP contribution in [0.2, 0.25) is 0 Å². The summed E-state index contributed by atoms with van der Waals surface area (Å²) in [5, 5.41) is 22.5. The molecule has 2 rings (SSSR count). The molecule has 0 spiro atoms. The number of halogens is 1. The van der Waals surface area contributed by atoms with Gasteiger partial charge in [-0.15, -0.1) is 0 Å². The molecule has 1 saturated heterocycles. The van der Waals surface area contributed by atoms with Gasteiger partial charge in [0.25, 0.3) is 0 Å². The maximum absolute atomic E-state index is 15.5. The van der Waals surface area contributed by atoms with Crippen LogP contribution >= 0.6 is 23.5 Å². The molecule has 2 unspecified atom stereocenters. The molecule has 1 fully saturated rings. The standard InChI is InChI=1S/C15H25FN3O15P3/c1-2-3-4-5-11(20)17-10-6-7-19(14(23)18-10)15(16)13(22)12(21)9(32-15)8-31-36(27,28)34-37(29,30)33-35(24,25)26/h6-7,9,12-13,21-22H,2-5,8H2,1H3,(H,27,28)(H,29,30)(H2,24,25,26)(H,17,18,20,23)/t9-,12-,13-,15+/m1/s1. The number of rotatable bonds is 13.